The first-order chi connectivity index (χ1) is 9.69. The van der Waals surface area contributed by atoms with Crippen LogP contribution in [-0.4, -0.2) is 45.6 Å². The van der Waals surface area contributed by atoms with Gasteiger partial charge in [0, 0.05) is 25.0 Å². The fourth-order valence-corrected chi connectivity index (χ4v) is 2.38. The Bertz CT molecular complexity index is 439. The number of carbonyl (C=O) groups is 2. The molecule has 1 aliphatic rings. The summed E-state index contributed by atoms with van der Waals surface area (Å²) < 4.78 is 0. The summed E-state index contributed by atoms with van der Waals surface area (Å²) in [4.78, 5) is 25.9. The Hall–Kier alpha value is -1.96. The summed E-state index contributed by atoms with van der Waals surface area (Å²) in [6, 6.07) is 0.308. The molecule has 0 spiro atoms. The Balaban J connectivity index is 1.71. The van der Waals surface area contributed by atoms with Gasteiger partial charge in [-0.25, -0.2) is 0 Å². The van der Waals surface area contributed by atoms with Crippen LogP contribution in [0.25, 0.3) is 0 Å². The Kier molecular flexibility index (Phi) is 5.05. The zero-order valence-electron chi connectivity index (χ0n) is 11.3. The minimum Gasteiger partial charge on any atom is -0.353 e. The summed E-state index contributed by atoms with van der Waals surface area (Å²) in [6.07, 6.45) is 5.14. The second-order valence-electron chi connectivity index (χ2n) is 4.97. The number of nitrogens with two attached hydrogens (primary N) is 1. The van der Waals surface area contributed by atoms with E-state index >= 15 is 0 Å². The molecular formula is C12H20N6O2. The van der Waals surface area contributed by atoms with Gasteiger partial charge in [-0.3, -0.25) is 9.59 Å². The molecule has 0 aromatic carbocycles. The molecule has 5 N–H and O–H groups in total. The summed E-state index contributed by atoms with van der Waals surface area (Å²) in [7, 11) is 0. The molecular weight excluding hydrogens is 260 g/mol. The first-order valence-corrected chi connectivity index (χ1v) is 6.85. The molecule has 1 aromatic rings. The zero-order valence-corrected chi connectivity index (χ0v) is 11.3. The van der Waals surface area contributed by atoms with E-state index in [1.165, 1.54) is 6.33 Å². The first kappa shape index (κ1) is 14.4. The number of rotatable bonds is 5. The third kappa shape index (κ3) is 4.02. The van der Waals surface area contributed by atoms with Gasteiger partial charge in [0.2, 0.25) is 11.7 Å². The molecule has 20 heavy (non-hydrogen) atoms. The highest BCUT2D eigenvalue weighted by Crippen LogP contribution is 2.19. The molecule has 1 saturated carbocycles. The van der Waals surface area contributed by atoms with E-state index in [-0.39, 0.29) is 29.7 Å². The molecule has 2 rings (SSSR count). The second-order valence-corrected chi connectivity index (χ2v) is 4.97. The molecule has 110 valence electrons. The van der Waals surface area contributed by atoms with Gasteiger partial charge in [0.1, 0.15) is 6.33 Å². The molecule has 0 aliphatic heterocycles. The quantitative estimate of drug-likeness (QED) is 0.568. The van der Waals surface area contributed by atoms with Crippen LogP contribution in [0.15, 0.2) is 6.33 Å². The van der Waals surface area contributed by atoms with Crippen molar-refractivity contribution in [2.75, 3.05) is 6.54 Å². The number of nitrogens with zero attached hydrogens (tertiary/aromatic N) is 2. The van der Waals surface area contributed by atoms with E-state index in [1.807, 2.05) is 0 Å². The number of aromatic amines is 1. The zero-order chi connectivity index (χ0) is 14.4. The molecule has 1 aromatic heterocycles. The molecule has 8 nitrogen and oxygen atoms in total. The SMILES string of the molecule is NCCC(=O)N[C@H]1CC[C@H](NC(=O)c2nnc[nH]2)CC1. The first-order valence-electron chi connectivity index (χ1n) is 6.85. The molecule has 2 amide bonds. The van der Waals surface area contributed by atoms with Crippen LogP contribution >= 0.6 is 0 Å². The van der Waals surface area contributed by atoms with Crippen LogP contribution in [0.1, 0.15) is 42.7 Å². The lowest BCUT2D eigenvalue weighted by Gasteiger charge is -2.29. The third-order valence-electron chi connectivity index (χ3n) is 3.43. The van der Waals surface area contributed by atoms with Crippen molar-refractivity contribution in [2.24, 2.45) is 5.73 Å². The minimum atomic E-state index is -0.238. The van der Waals surface area contributed by atoms with Crippen LogP contribution in [0.2, 0.25) is 0 Å². The van der Waals surface area contributed by atoms with E-state index in [2.05, 4.69) is 25.8 Å². The lowest BCUT2D eigenvalue weighted by Crippen LogP contribution is -2.44. The Morgan fingerprint density at radius 1 is 1.25 bits per heavy atom. The number of H-pyrrole nitrogens is 1. The fourth-order valence-electron chi connectivity index (χ4n) is 2.38. The summed E-state index contributed by atoms with van der Waals surface area (Å²) in [5.41, 5.74) is 5.34. The van der Waals surface area contributed by atoms with Gasteiger partial charge in [-0.2, -0.15) is 0 Å². The van der Waals surface area contributed by atoms with Crippen molar-refractivity contribution >= 4 is 11.8 Å². The summed E-state index contributed by atoms with van der Waals surface area (Å²) in [6.45, 7) is 0.369. The smallest absolute Gasteiger partial charge is 0.289 e. The van der Waals surface area contributed by atoms with Crippen LogP contribution in [-0.2, 0) is 4.79 Å². The van der Waals surface area contributed by atoms with E-state index in [0.29, 0.717) is 13.0 Å². The molecule has 0 radical (unpaired) electrons. The van der Waals surface area contributed by atoms with Crippen molar-refractivity contribution < 1.29 is 9.59 Å². The molecule has 8 heteroatoms. The van der Waals surface area contributed by atoms with E-state index in [1.54, 1.807) is 0 Å². The summed E-state index contributed by atoms with van der Waals surface area (Å²) in [5.74, 6) is -0.0110. The highest BCUT2D eigenvalue weighted by Gasteiger charge is 2.24. The maximum absolute atomic E-state index is 11.8. The lowest BCUT2D eigenvalue weighted by molar-refractivity contribution is -0.121. The number of aromatic nitrogens is 3. The van der Waals surface area contributed by atoms with Gasteiger partial charge in [0.25, 0.3) is 5.91 Å². The van der Waals surface area contributed by atoms with E-state index in [9.17, 15) is 9.59 Å². The van der Waals surface area contributed by atoms with Crippen LogP contribution in [0.3, 0.4) is 0 Å². The number of hydrogen-bond donors (Lipinski definition) is 4. The Morgan fingerprint density at radius 3 is 2.45 bits per heavy atom. The minimum absolute atomic E-state index is 0.00152. The van der Waals surface area contributed by atoms with Crippen LogP contribution in [0.5, 0.6) is 0 Å². The maximum Gasteiger partial charge on any atom is 0.289 e. The van der Waals surface area contributed by atoms with E-state index in [0.717, 1.165) is 25.7 Å². The summed E-state index contributed by atoms with van der Waals surface area (Å²) >= 11 is 0. The van der Waals surface area contributed by atoms with Crippen LogP contribution in [0, 0.1) is 0 Å². The van der Waals surface area contributed by atoms with Gasteiger partial charge < -0.3 is 21.4 Å². The van der Waals surface area contributed by atoms with Gasteiger partial charge >= 0.3 is 0 Å². The third-order valence-corrected chi connectivity index (χ3v) is 3.43. The topological polar surface area (TPSA) is 126 Å². The van der Waals surface area contributed by atoms with Gasteiger partial charge in [-0.15, -0.1) is 10.2 Å². The number of amides is 2. The maximum atomic E-state index is 11.8. The predicted molar refractivity (Wildman–Crippen MR) is 71.7 cm³/mol. The van der Waals surface area contributed by atoms with Gasteiger partial charge in [0.05, 0.1) is 0 Å². The van der Waals surface area contributed by atoms with Crippen molar-refractivity contribution in [3.05, 3.63) is 12.2 Å². The monoisotopic (exact) mass is 280 g/mol. The van der Waals surface area contributed by atoms with E-state index in [4.69, 9.17) is 5.73 Å². The molecule has 0 bridgehead atoms. The van der Waals surface area contributed by atoms with Gasteiger partial charge in [0.15, 0.2) is 0 Å². The molecule has 0 unspecified atom stereocenters. The molecule has 0 atom stereocenters. The summed E-state index contributed by atoms with van der Waals surface area (Å²) in [5, 5.41) is 13.1. The molecule has 1 fully saturated rings. The normalized spacial score (nSPS) is 22.2. The van der Waals surface area contributed by atoms with Crippen LogP contribution in [0.4, 0.5) is 0 Å². The highest BCUT2D eigenvalue weighted by molar-refractivity contribution is 5.90. The largest absolute Gasteiger partial charge is 0.353 e. The Labute approximate surface area is 116 Å². The highest BCUT2D eigenvalue weighted by atomic mass is 16.2. The molecule has 1 aliphatic carbocycles. The fraction of sp³-hybridized carbons (Fsp3) is 0.667. The second kappa shape index (κ2) is 6.99. The number of carbonyl (C=O) groups excluding carboxylic acids is 2. The molecule has 1 heterocycles. The van der Waals surface area contributed by atoms with Crippen molar-refractivity contribution in [1.82, 2.24) is 25.8 Å². The average molecular weight is 280 g/mol. The standard InChI is InChI=1S/C12H20N6O2/c13-6-5-10(19)16-8-1-3-9(4-2-8)17-12(20)11-14-7-15-18-11/h7-9H,1-6,13H2,(H,16,19)(H,17,20)(H,14,15,18)/t8-,9-. The predicted octanol–water partition coefficient (Wildman–Crippen LogP) is -0.689. The van der Waals surface area contributed by atoms with E-state index < -0.39 is 0 Å². The number of nitrogens with one attached hydrogen (secondary N) is 3. The van der Waals surface area contributed by atoms with Crippen molar-refractivity contribution in [3.63, 3.8) is 0 Å². The Morgan fingerprint density at radius 2 is 1.90 bits per heavy atom. The lowest BCUT2D eigenvalue weighted by atomic mass is 9.91. The average Bonchev–Trinajstić information content (AvgIpc) is 2.95. The molecule has 0 saturated heterocycles. The van der Waals surface area contributed by atoms with Crippen molar-refractivity contribution in [1.29, 1.82) is 0 Å². The van der Waals surface area contributed by atoms with Crippen LogP contribution < -0.4 is 16.4 Å². The van der Waals surface area contributed by atoms with Gasteiger partial charge in [-0.05, 0) is 25.7 Å². The number of hydrogen-bond acceptors (Lipinski definition) is 5. The van der Waals surface area contributed by atoms with Gasteiger partial charge in [-0.1, -0.05) is 0 Å². The van der Waals surface area contributed by atoms with Crippen molar-refractivity contribution in [3.8, 4) is 0 Å². The van der Waals surface area contributed by atoms with Crippen molar-refractivity contribution in [2.45, 2.75) is 44.2 Å².